The molecule has 0 saturated carbocycles. The Bertz CT molecular complexity index is 930. The van der Waals surface area contributed by atoms with Gasteiger partial charge in [0.15, 0.2) is 5.82 Å². The molecule has 0 saturated heterocycles. The number of pyridine rings is 1. The maximum absolute atomic E-state index is 5.18. The van der Waals surface area contributed by atoms with E-state index in [1.165, 1.54) is 5.56 Å². The van der Waals surface area contributed by atoms with Crippen LogP contribution in [0.25, 0.3) is 16.3 Å². The van der Waals surface area contributed by atoms with E-state index in [9.17, 15) is 0 Å². The van der Waals surface area contributed by atoms with Crippen molar-refractivity contribution in [1.29, 1.82) is 0 Å². The van der Waals surface area contributed by atoms with Gasteiger partial charge >= 0.3 is 0 Å². The molecule has 0 fully saturated rings. The molecule has 0 aliphatic heterocycles. The van der Waals surface area contributed by atoms with E-state index in [0.717, 1.165) is 33.5 Å². The van der Waals surface area contributed by atoms with Gasteiger partial charge in [-0.2, -0.15) is 9.61 Å². The van der Waals surface area contributed by atoms with Crippen molar-refractivity contribution in [2.45, 2.75) is 6.42 Å². The van der Waals surface area contributed by atoms with Gasteiger partial charge in [-0.25, -0.2) is 0 Å². The summed E-state index contributed by atoms with van der Waals surface area (Å²) in [4.78, 5) is 4.82. The van der Waals surface area contributed by atoms with Crippen molar-refractivity contribution < 1.29 is 4.74 Å². The normalized spacial score (nSPS) is 11.0. The zero-order chi connectivity index (χ0) is 15.6. The summed E-state index contributed by atoms with van der Waals surface area (Å²) in [6.07, 6.45) is 4.23. The summed E-state index contributed by atoms with van der Waals surface area (Å²) in [5.74, 6) is 1.59. The van der Waals surface area contributed by atoms with Gasteiger partial charge in [0.05, 0.1) is 7.11 Å². The van der Waals surface area contributed by atoms with Crippen LogP contribution in [0, 0.1) is 0 Å². The smallest absolute Gasteiger partial charge is 0.234 e. The quantitative estimate of drug-likeness (QED) is 0.578. The van der Waals surface area contributed by atoms with Crippen molar-refractivity contribution in [2.75, 3.05) is 7.11 Å². The van der Waals surface area contributed by atoms with Gasteiger partial charge in [0.2, 0.25) is 4.96 Å². The fraction of sp³-hybridized carbons (Fsp3) is 0.125. The van der Waals surface area contributed by atoms with Crippen molar-refractivity contribution >= 4 is 16.3 Å². The van der Waals surface area contributed by atoms with Gasteiger partial charge in [-0.1, -0.05) is 23.5 Å². The molecule has 0 N–H and O–H groups in total. The first kappa shape index (κ1) is 13.8. The fourth-order valence-corrected chi connectivity index (χ4v) is 3.19. The Morgan fingerprint density at radius 3 is 2.57 bits per heavy atom. The maximum Gasteiger partial charge on any atom is 0.234 e. The van der Waals surface area contributed by atoms with Crippen molar-refractivity contribution in [3.05, 3.63) is 59.4 Å². The van der Waals surface area contributed by atoms with Crippen LogP contribution < -0.4 is 4.74 Å². The molecule has 0 bridgehead atoms. The molecule has 0 radical (unpaired) electrons. The third kappa shape index (κ3) is 2.66. The highest BCUT2D eigenvalue weighted by Gasteiger charge is 2.13. The number of hydrogen-bond donors (Lipinski definition) is 0. The van der Waals surface area contributed by atoms with Crippen molar-refractivity contribution in [3.8, 4) is 17.1 Å². The number of fused-ring (bicyclic) bond motifs is 1. The molecule has 0 unspecified atom stereocenters. The molecule has 7 heteroatoms. The Kier molecular flexibility index (Phi) is 3.47. The van der Waals surface area contributed by atoms with Crippen LogP contribution >= 0.6 is 11.3 Å². The van der Waals surface area contributed by atoms with Crippen LogP contribution in [-0.2, 0) is 6.42 Å². The SMILES string of the molecule is COc1ccc(Cc2nn3c(-c4ccncc4)nnc3s2)cc1. The molecule has 0 amide bonds. The molecular formula is C16H13N5OS. The average Bonchev–Trinajstić information content (AvgIpc) is 3.16. The summed E-state index contributed by atoms with van der Waals surface area (Å²) in [5, 5.41) is 14.1. The van der Waals surface area contributed by atoms with Crippen LogP contribution in [0.5, 0.6) is 5.75 Å². The van der Waals surface area contributed by atoms with Crippen LogP contribution in [0.1, 0.15) is 10.6 Å². The second-order valence-corrected chi connectivity index (χ2v) is 6.02. The van der Waals surface area contributed by atoms with E-state index in [1.807, 2.05) is 36.4 Å². The molecule has 0 aliphatic rings. The van der Waals surface area contributed by atoms with Gasteiger partial charge in [-0.3, -0.25) is 4.98 Å². The first-order chi connectivity index (χ1) is 11.3. The fourth-order valence-electron chi connectivity index (χ4n) is 2.33. The molecule has 1 aromatic carbocycles. The second kappa shape index (κ2) is 5.77. The zero-order valence-corrected chi connectivity index (χ0v) is 13.2. The summed E-state index contributed by atoms with van der Waals surface area (Å²) in [5.41, 5.74) is 2.13. The topological polar surface area (TPSA) is 65.2 Å². The van der Waals surface area contributed by atoms with Crippen LogP contribution in [0.3, 0.4) is 0 Å². The Balaban J connectivity index is 1.65. The summed E-state index contributed by atoms with van der Waals surface area (Å²) in [6.45, 7) is 0. The number of hydrogen-bond acceptors (Lipinski definition) is 6. The lowest BCUT2D eigenvalue weighted by Gasteiger charge is -2.01. The third-order valence-corrected chi connectivity index (χ3v) is 4.38. The first-order valence-corrected chi connectivity index (χ1v) is 7.89. The van der Waals surface area contributed by atoms with Crippen LogP contribution in [0.2, 0.25) is 0 Å². The summed E-state index contributed by atoms with van der Waals surface area (Å²) in [7, 11) is 1.67. The Morgan fingerprint density at radius 2 is 1.83 bits per heavy atom. The molecule has 23 heavy (non-hydrogen) atoms. The molecule has 4 aromatic rings. The minimum atomic E-state index is 0.736. The molecule has 0 spiro atoms. The summed E-state index contributed by atoms with van der Waals surface area (Å²) >= 11 is 1.55. The lowest BCUT2D eigenvalue weighted by atomic mass is 10.1. The first-order valence-electron chi connectivity index (χ1n) is 7.08. The standard InChI is InChI=1S/C16H13N5OS/c1-22-13-4-2-11(3-5-13)10-14-20-21-15(18-19-16(21)23-14)12-6-8-17-9-7-12/h2-9H,10H2,1H3. The maximum atomic E-state index is 5.18. The molecule has 3 aromatic heterocycles. The predicted octanol–water partition coefficient (Wildman–Crippen LogP) is 2.85. The summed E-state index contributed by atoms with van der Waals surface area (Å²) in [6, 6.07) is 11.8. The van der Waals surface area contributed by atoms with Gasteiger partial charge in [0.1, 0.15) is 10.8 Å². The van der Waals surface area contributed by atoms with Gasteiger partial charge < -0.3 is 4.74 Å². The molecule has 114 valence electrons. The average molecular weight is 323 g/mol. The van der Waals surface area contributed by atoms with Gasteiger partial charge in [-0.05, 0) is 29.8 Å². The highest BCUT2D eigenvalue weighted by atomic mass is 32.1. The number of aromatic nitrogens is 5. The number of ether oxygens (including phenoxy) is 1. The second-order valence-electron chi connectivity index (χ2n) is 4.97. The van der Waals surface area contributed by atoms with E-state index in [4.69, 9.17) is 4.74 Å². The van der Waals surface area contributed by atoms with Crippen molar-refractivity contribution in [3.63, 3.8) is 0 Å². The van der Waals surface area contributed by atoms with Crippen molar-refractivity contribution in [1.82, 2.24) is 24.8 Å². The van der Waals surface area contributed by atoms with E-state index in [0.29, 0.717) is 0 Å². The molecule has 3 heterocycles. The van der Waals surface area contributed by atoms with E-state index >= 15 is 0 Å². The Morgan fingerprint density at radius 1 is 1.04 bits per heavy atom. The highest BCUT2D eigenvalue weighted by molar-refractivity contribution is 7.16. The molecule has 4 rings (SSSR count). The molecule has 6 nitrogen and oxygen atoms in total. The number of methoxy groups -OCH3 is 1. The minimum Gasteiger partial charge on any atom is -0.497 e. The predicted molar refractivity (Wildman–Crippen MR) is 87.7 cm³/mol. The van der Waals surface area contributed by atoms with Gasteiger partial charge in [-0.15, -0.1) is 10.2 Å². The van der Waals surface area contributed by atoms with E-state index in [1.54, 1.807) is 35.4 Å². The van der Waals surface area contributed by atoms with E-state index in [-0.39, 0.29) is 0 Å². The summed E-state index contributed by atoms with van der Waals surface area (Å²) < 4.78 is 6.97. The minimum absolute atomic E-state index is 0.736. The van der Waals surface area contributed by atoms with E-state index < -0.39 is 0 Å². The van der Waals surface area contributed by atoms with Crippen LogP contribution in [0.4, 0.5) is 0 Å². The third-order valence-electron chi connectivity index (χ3n) is 3.49. The zero-order valence-electron chi connectivity index (χ0n) is 12.4. The number of benzene rings is 1. The Hall–Kier alpha value is -2.80. The number of nitrogens with zero attached hydrogens (tertiary/aromatic N) is 5. The number of rotatable bonds is 4. The van der Waals surface area contributed by atoms with Crippen LogP contribution in [0.15, 0.2) is 48.8 Å². The molecular weight excluding hydrogens is 310 g/mol. The lowest BCUT2D eigenvalue weighted by Crippen LogP contribution is -1.94. The van der Waals surface area contributed by atoms with Gasteiger partial charge in [0, 0.05) is 24.4 Å². The van der Waals surface area contributed by atoms with Gasteiger partial charge in [0.25, 0.3) is 0 Å². The van der Waals surface area contributed by atoms with E-state index in [2.05, 4.69) is 20.3 Å². The van der Waals surface area contributed by atoms with Crippen molar-refractivity contribution in [2.24, 2.45) is 0 Å². The molecule has 0 atom stereocenters. The molecule has 0 aliphatic carbocycles. The highest BCUT2D eigenvalue weighted by Crippen LogP contribution is 2.23. The Labute approximate surface area is 136 Å². The van der Waals surface area contributed by atoms with Crippen LogP contribution in [-0.4, -0.2) is 31.9 Å². The lowest BCUT2D eigenvalue weighted by molar-refractivity contribution is 0.414. The monoisotopic (exact) mass is 323 g/mol. The largest absolute Gasteiger partial charge is 0.497 e.